The highest BCUT2D eigenvalue weighted by molar-refractivity contribution is 7.13. The molecule has 156 valence electrons. The number of hydrogen-bond donors (Lipinski definition) is 1. The lowest BCUT2D eigenvalue weighted by Gasteiger charge is -2.28. The first-order valence-electron chi connectivity index (χ1n) is 9.91. The molecule has 30 heavy (non-hydrogen) atoms. The van der Waals surface area contributed by atoms with E-state index in [2.05, 4.69) is 10.1 Å². The quantitative estimate of drug-likeness (QED) is 0.652. The Kier molecular flexibility index (Phi) is 5.80. The Morgan fingerprint density at radius 2 is 2.10 bits per heavy atom. The van der Waals surface area contributed by atoms with Crippen molar-refractivity contribution in [2.75, 3.05) is 19.6 Å². The summed E-state index contributed by atoms with van der Waals surface area (Å²) in [6, 6.07) is 9.69. The van der Waals surface area contributed by atoms with Crippen LogP contribution in [0.4, 0.5) is 4.79 Å². The van der Waals surface area contributed by atoms with E-state index in [1.165, 1.54) is 16.2 Å². The fourth-order valence-corrected chi connectivity index (χ4v) is 4.44. The molecule has 1 saturated heterocycles. The molecule has 0 spiro atoms. The van der Waals surface area contributed by atoms with Gasteiger partial charge in [0.2, 0.25) is 0 Å². The largest absolute Gasteiger partial charge is 0.465 e. The number of amides is 2. The lowest BCUT2D eigenvalue weighted by Crippen LogP contribution is -2.43. The average Bonchev–Trinajstić information content (AvgIpc) is 3.52. The normalized spacial score (nSPS) is 16.0. The maximum absolute atomic E-state index is 13.2. The van der Waals surface area contributed by atoms with Crippen molar-refractivity contribution in [3.63, 3.8) is 0 Å². The number of thiazole rings is 1. The maximum Gasteiger partial charge on any atom is 0.407 e. The summed E-state index contributed by atoms with van der Waals surface area (Å²) in [6.07, 6.45) is 4.15. The van der Waals surface area contributed by atoms with E-state index in [4.69, 9.17) is 0 Å². The Balaban J connectivity index is 1.52. The van der Waals surface area contributed by atoms with Gasteiger partial charge in [-0.2, -0.15) is 5.10 Å². The smallest absolute Gasteiger partial charge is 0.407 e. The van der Waals surface area contributed by atoms with Crippen LogP contribution < -0.4 is 0 Å². The van der Waals surface area contributed by atoms with Crippen molar-refractivity contribution in [2.45, 2.75) is 25.8 Å². The van der Waals surface area contributed by atoms with Crippen molar-refractivity contribution in [3.05, 3.63) is 53.8 Å². The highest BCUT2D eigenvalue weighted by Gasteiger charge is 2.33. The molecule has 2 aromatic heterocycles. The number of likely N-dealkylation sites (tertiary alicyclic amines) is 1. The molecule has 1 fully saturated rings. The zero-order chi connectivity index (χ0) is 21.1. The molecule has 1 aromatic carbocycles. The van der Waals surface area contributed by atoms with Crippen molar-refractivity contribution in [1.82, 2.24) is 24.6 Å². The average molecular weight is 426 g/mol. The summed E-state index contributed by atoms with van der Waals surface area (Å²) in [7, 11) is 0. The van der Waals surface area contributed by atoms with Crippen LogP contribution in [0.3, 0.4) is 0 Å². The van der Waals surface area contributed by atoms with Gasteiger partial charge in [-0.25, -0.2) is 14.5 Å². The molecule has 3 heterocycles. The third-order valence-electron chi connectivity index (χ3n) is 5.17. The van der Waals surface area contributed by atoms with E-state index in [0.717, 1.165) is 22.7 Å². The predicted octanol–water partition coefficient (Wildman–Crippen LogP) is 3.60. The number of nitrogens with zero attached hydrogens (tertiary/aromatic N) is 5. The fraction of sp³-hybridized carbons (Fsp3) is 0.333. The minimum atomic E-state index is -0.937. The topological polar surface area (TPSA) is 91.6 Å². The van der Waals surface area contributed by atoms with Crippen LogP contribution in [-0.2, 0) is 0 Å². The molecule has 1 atom stereocenters. The molecule has 9 heteroatoms. The van der Waals surface area contributed by atoms with E-state index in [-0.39, 0.29) is 11.9 Å². The lowest BCUT2D eigenvalue weighted by molar-refractivity contribution is 0.0674. The Hall–Kier alpha value is -3.20. The minimum Gasteiger partial charge on any atom is -0.465 e. The molecule has 0 aliphatic carbocycles. The SMILES string of the molecule is CCCN(C(=O)c1csc(-c2cnn(-c3ccccc3)c2)n1)C1CCN(C(=O)O)C1. The summed E-state index contributed by atoms with van der Waals surface area (Å²) in [6.45, 7) is 3.39. The van der Waals surface area contributed by atoms with E-state index in [1.54, 1.807) is 21.2 Å². The number of benzene rings is 1. The zero-order valence-corrected chi connectivity index (χ0v) is 17.5. The van der Waals surface area contributed by atoms with Crippen molar-refractivity contribution < 1.29 is 14.7 Å². The summed E-state index contributed by atoms with van der Waals surface area (Å²) < 4.78 is 1.78. The standard InChI is InChI=1S/C21H23N5O3S/c1-2-9-25(17-8-10-24(13-17)21(28)29)20(27)18-14-30-19(23-18)15-11-22-26(12-15)16-6-4-3-5-7-16/h3-7,11-12,14,17H,2,8-10,13H2,1H3,(H,28,29). The molecule has 1 aliphatic rings. The Morgan fingerprint density at radius 1 is 1.30 bits per heavy atom. The second-order valence-electron chi connectivity index (χ2n) is 7.22. The summed E-state index contributed by atoms with van der Waals surface area (Å²) in [4.78, 5) is 32.1. The van der Waals surface area contributed by atoms with Gasteiger partial charge in [-0.1, -0.05) is 25.1 Å². The third kappa shape index (κ3) is 4.06. The van der Waals surface area contributed by atoms with E-state index in [0.29, 0.717) is 31.7 Å². The van der Waals surface area contributed by atoms with Gasteiger partial charge in [0.05, 0.1) is 17.9 Å². The van der Waals surface area contributed by atoms with Gasteiger partial charge in [0, 0.05) is 36.8 Å². The van der Waals surface area contributed by atoms with Crippen LogP contribution in [0.2, 0.25) is 0 Å². The van der Waals surface area contributed by atoms with Crippen LogP contribution in [0.5, 0.6) is 0 Å². The fourth-order valence-electron chi connectivity index (χ4n) is 3.67. The number of hydrogen-bond acceptors (Lipinski definition) is 5. The Labute approximate surface area is 178 Å². The van der Waals surface area contributed by atoms with Crippen LogP contribution >= 0.6 is 11.3 Å². The first-order valence-corrected chi connectivity index (χ1v) is 10.8. The van der Waals surface area contributed by atoms with Crippen LogP contribution in [-0.4, -0.2) is 67.3 Å². The number of carbonyl (C=O) groups excluding carboxylic acids is 1. The molecule has 0 saturated carbocycles. The van der Waals surface area contributed by atoms with Gasteiger partial charge in [-0.15, -0.1) is 11.3 Å². The molecule has 8 nitrogen and oxygen atoms in total. The molecular weight excluding hydrogens is 402 g/mol. The minimum absolute atomic E-state index is 0.112. The Bertz CT molecular complexity index is 1030. The van der Waals surface area contributed by atoms with Crippen LogP contribution in [0, 0.1) is 0 Å². The predicted molar refractivity (Wildman–Crippen MR) is 114 cm³/mol. The van der Waals surface area contributed by atoms with Gasteiger partial charge in [-0.05, 0) is 25.0 Å². The highest BCUT2D eigenvalue weighted by atomic mass is 32.1. The molecule has 1 N–H and O–H groups in total. The molecule has 0 radical (unpaired) electrons. The monoisotopic (exact) mass is 425 g/mol. The molecule has 1 aliphatic heterocycles. The van der Waals surface area contributed by atoms with Gasteiger partial charge < -0.3 is 14.9 Å². The summed E-state index contributed by atoms with van der Waals surface area (Å²) >= 11 is 1.41. The molecule has 4 rings (SSSR count). The molecule has 1 unspecified atom stereocenters. The number of carboxylic acid groups (broad SMARTS) is 1. The van der Waals surface area contributed by atoms with Crippen LogP contribution in [0.1, 0.15) is 30.3 Å². The number of para-hydroxylation sites is 1. The van der Waals surface area contributed by atoms with Crippen molar-refractivity contribution in [1.29, 1.82) is 0 Å². The summed E-state index contributed by atoms with van der Waals surface area (Å²) in [5, 5.41) is 16.1. The third-order valence-corrected chi connectivity index (χ3v) is 6.06. The van der Waals surface area contributed by atoms with E-state index >= 15 is 0 Å². The summed E-state index contributed by atoms with van der Waals surface area (Å²) in [5.74, 6) is -0.146. The molecule has 3 aromatic rings. The van der Waals surface area contributed by atoms with Crippen LogP contribution in [0.15, 0.2) is 48.1 Å². The Morgan fingerprint density at radius 3 is 2.80 bits per heavy atom. The van der Waals surface area contributed by atoms with Gasteiger partial charge in [0.25, 0.3) is 5.91 Å². The van der Waals surface area contributed by atoms with Crippen molar-refractivity contribution in [3.8, 4) is 16.3 Å². The first-order chi connectivity index (χ1) is 14.6. The second kappa shape index (κ2) is 8.66. The maximum atomic E-state index is 13.2. The first kappa shape index (κ1) is 20.1. The summed E-state index contributed by atoms with van der Waals surface area (Å²) in [5.41, 5.74) is 2.20. The molecule has 2 amide bonds. The van der Waals surface area contributed by atoms with Gasteiger partial charge in [0.15, 0.2) is 0 Å². The van der Waals surface area contributed by atoms with Crippen molar-refractivity contribution in [2.24, 2.45) is 0 Å². The number of rotatable bonds is 6. The van der Waals surface area contributed by atoms with E-state index in [9.17, 15) is 14.7 Å². The number of aromatic nitrogens is 3. The second-order valence-corrected chi connectivity index (χ2v) is 8.07. The van der Waals surface area contributed by atoms with Crippen molar-refractivity contribution >= 4 is 23.3 Å². The lowest BCUT2D eigenvalue weighted by atomic mass is 10.2. The highest BCUT2D eigenvalue weighted by Crippen LogP contribution is 2.26. The van der Waals surface area contributed by atoms with Crippen LogP contribution in [0.25, 0.3) is 16.3 Å². The number of carbonyl (C=O) groups is 2. The molecular formula is C21H23N5O3S. The van der Waals surface area contributed by atoms with Gasteiger partial charge >= 0.3 is 6.09 Å². The van der Waals surface area contributed by atoms with E-state index in [1.807, 2.05) is 43.5 Å². The van der Waals surface area contributed by atoms with Gasteiger partial charge in [-0.3, -0.25) is 4.79 Å². The zero-order valence-electron chi connectivity index (χ0n) is 16.6. The van der Waals surface area contributed by atoms with E-state index < -0.39 is 6.09 Å². The van der Waals surface area contributed by atoms with Gasteiger partial charge in [0.1, 0.15) is 10.7 Å². The molecule has 0 bridgehead atoms.